The molecule has 1 aliphatic heterocycles. The molecule has 1 amide bonds. The molecule has 0 N–H and O–H groups in total. The smallest absolute Gasteiger partial charge is 0.232 e. The average molecular weight is 347 g/mol. The SMILES string of the molecule is Cc1ccc(N(C(=O)Cc2cccs2)[C@H]2C=CS(=O)(=O)C2)cc1. The van der Waals surface area contributed by atoms with Crippen LogP contribution in [0, 0.1) is 6.92 Å². The molecule has 6 heteroatoms. The Morgan fingerprint density at radius 2 is 2.00 bits per heavy atom. The van der Waals surface area contributed by atoms with Gasteiger partial charge in [0.2, 0.25) is 5.91 Å². The molecule has 0 fully saturated rings. The number of carbonyl (C=O) groups is 1. The molecule has 23 heavy (non-hydrogen) atoms. The van der Waals surface area contributed by atoms with Crippen molar-refractivity contribution in [3.05, 3.63) is 63.7 Å². The van der Waals surface area contributed by atoms with Crippen LogP contribution < -0.4 is 4.90 Å². The van der Waals surface area contributed by atoms with Crippen LogP contribution in [0.4, 0.5) is 5.69 Å². The van der Waals surface area contributed by atoms with Gasteiger partial charge in [-0.05, 0) is 36.6 Å². The lowest BCUT2D eigenvalue weighted by atomic mass is 10.1. The third-order valence-electron chi connectivity index (χ3n) is 3.73. The molecule has 1 aliphatic rings. The predicted octanol–water partition coefficient (Wildman–Crippen LogP) is 2.94. The molecule has 0 bridgehead atoms. The van der Waals surface area contributed by atoms with Crippen molar-refractivity contribution in [3.63, 3.8) is 0 Å². The van der Waals surface area contributed by atoms with E-state index in [9.17, 15) is 13.2 Å². The highest BCUT2D eigenvalue weighted by atomic mass is 32.2. The Balaban J connectivity index is 1.91. The van der Waals surface area contributed by atoms with Gasteiger partial charge in [0.05, 0.1) is 18.2 Å². The van der Waals surface area contributed by atoms with E-state index in [0.29, 0.717) is 0 Å². The molecule has 0 radical (unpaired) electrons. The second kappa shape index (κ2) is 6.29. The van der Waals surface area contributed by atoms with Gasteiger partial charge in [0.25, 0.3) is 0 Å². The fourth-order valence-electron chi connectivity index (χ4n) is 2.59. The first kappa shape index (κ1) is 16.0. The number of hydrogen-bond donors (Lipinski definition) is 0. The first-order valence-electron chi connectivity index (χ1n) is 7.27. The van der Waals surface area contributed by atoms with Crippen molar-refractivity contribution < 1.29 is 13.2 Å². The Morgan fingerprint density at radius 3 is 2.57 bits per heavy atom. The fourth-order valence-corrected chi connectivity index (χ4v) is 4.56. The molecule has 3 rings (SSSR count). The van der Waals surface area contributed by atoms with Crippen LogP contribution in [-0.2, 0) is 21.1 Å². The highest BCUT2D eigenvalue weighted by Crippen LogP contribution is 2.25. The maximum atomic E-state index is 12.8. The summed E-state index contributed by atoms with van der Waals surface area (Å²) in [4.78, 5) is 15.4. The zero-order chi connectivity index (χ0) is 16.4. The first-order chi connectivity index (χ1) is 10.9. The van der Waals surface area contributed by atoms with Crippen LogP contribution in [0.25, 0.3) is 0 Å². The molecule has 1 aromatic carbocycles. The number of carbonyl (C=O) groups excluding carboxylic acids is 1. The number of thiophene rings is 1. The number of rotatable bonds is 4. The molecule has 0 saturated carbocycles. The van der Waals surface area contributed by atoms with Gasteiger partial charge in [0.15, 0.2) is 9.84 Å². The average Bonchev–Trinajstić information content (AvgIpc) is 3.11. The van der Waals surface area contributed by atoms with Crippen molar-refractivity contribution in [3.8, 4) is 0 Å². The van der Waals surface area contributed by atoms with Crippen LogP contribution in [-0.4, -0.2) is 26.1 Å². The summed E-state index contributed by atoms with van der Waals surface area (Å²) in [6.45, 7) is 1.97. The maximum Gasteiger partial charge on any atom is 0.232 e. The molecular weight excluding hydrogens is 330 g/mol. The maximum absolute atomic E-state index is 12.8. The van der Waals surface area contributed by atoms with E-state index in [1.807, 2.05) is 48.7 Å². The van der Waals surface area contributed by atoms with E-state index in [4.69, 9.17) is 0 Å². The number of amides is 1. The normalized spacial score (nSPS) is 18.9. The zero-order valence-electron chi connectivity index (χ0n) is 12.7. The van der Waals surface area contributed by atoms with E-state index in [2.05, 4.69) is 0 Å². The number of hydrogen-bond acceptors (Lipinski definition) is 4. The van der Waals surface area contributed by atoms with Crippen LogP contribution in [0.1, 0.15) is 10.4 Å². The van der Waals surface area contributed by atoms with Crippen molar-refractivity contribution in [2.45, 2.75) is 19.4 Å². The minimum Gasteiger partial charge on any atom is -0.304 e. The number of benzene rings is 1. The number of anilines is 1. The van der Waals surface area contributed by atoms with E-state index >= 15 is 0 Å². The van der Waals surface area contributed by atoms with E-state index in [1.54, 1.807) is 11.0 Å². The molecule has 4 nitrogen and oxygen atoms in total. The summed E-state index contributed by atoms with van der Waals surface area (Å²) < 4.78 is 23.5. The van der Waals surface area contributed by atoms with E-state index in [-0.39, 0.29) is 18.1 Å². The van der Waals surface area contributed by atoms with Crippen LogP contribution in [0.5, 0.6) is 0 Å². The quantitative estimate of drug-likeness (QED) is 0.854. The summed E-state index contributed by atoms with van der Waals surface area (Å²) in [6.07, 6.45) is 1.87. The van der Waals surface area contributed by atoms with Crippen LogP contribution in [0.2, 0.25) is 0 Å². The highest BCUT2D eigenvalue weighted by molar-refractivity contribution is 7.94. The minimum absolute atomic E-state index is 0.0585. The lowest BCUT2D eigenvalue weighted by Gasteiger charge is -2.27. The fraction of sp³-hybridized carbons (Fsp3) is 0.235. The molecule has 2 heterocycles. The second-order valence-electron chi connectivity index (χ2n) is 5.58. The van der Waals surface area contributed by atoms with Crippen LogP contribution >= 0.6 is 11.3 Å². The van der Waals surface area contributed by atoms with Gasteiger partial charge in [-0.25, -0.2) is 8.42 Å². The molecule has 0 saturated heterocycles. The topological polar surface area (TPSA) is 54.5 Å². The second-order valence-corrected chi connectivity index (χ2v) is 8.54. The van der Waals surface area contributed by atoms with Gasteiger partial charge in [0, 0.05) is 16.0 Å². The predicted molar refractivity (Wildman–Crippen MR) is 93.4 cm³/mol. The van der Waals surface area contributed by atoms with Gasteiger partial charge in [-0.15, -0.1) is 11.3 Å². The Kier molecular flexibility index (Phi) is 4.37. The number of nitrogens with zero attached hydrogens (tertiary/aromatic N) is 1. The van der Waals surface area contributed by atoms with Gasteiger partial charge in [-0.1, -0.05) is 23.8 Å². The lowest BCUT2D eigenvalue weighted by Crippen LogP contribution is -2.42. The van der Waals surface area contributed by atoms with Gasteiger partial charge in [0.1, 0.15) is 0 Å². The Hall–Kier alpha value is -1.92. The molecule has 0 unspecified atom stereocenters. The molecule has 1 atom stereocenters. The van der Waals surface area contributed by atoms with Gasteiger partial charge in [-0.3, -0.25) is 4.79 Å². The van der Waals surface area contributed by atoms with Crippen molar-refractivity contribution >= 4 is 32.8 Å². The monoisotopic (exact) mass is 347 g/mol. The summed E-state index contributed by atoms with van der Waals surface area (Å²) in [5.41, 5.74) is 1.82. The molecule has 120 valence electrons. The summed E-state index contributed by atoms with van der Waals surface area (Å²) in [6, 6.07) is 10.9. The molecular formula is C17H17NO3S2. The van der Waals surface area contributed by atoms with E-state index in [1.165, 1.54) is 16.7 Å². The van der Waals surface area contributed by atoms with Crippen molar-refractivity contribution in [2.24, 2.45) is 0 Å². The Morgan fingerprint density at radius 1 is 1.26 bits per heavy atom. The van der Waals surface area contributed by atoms with Crippen molar-refractivity contribution in [1.29, 1.82) is 0 Å². The summed E-state index contributed by atoms with van der Waals surface area (Å²) >= 11 is 1.52. The van der Waals surface area contributed by atoms with Gasteiger partial charge in [-0.2, -0.15) is 0 Å². The van der Waals surface area contributed by atoms with Crippen molar-refractivity contribution in [2.75, 3.05) is 10.7 Å². The molecule has 0 spiro atoms. The van der Waals surface area contributed by atoms with Crippen LogP contribution in [0.3, 0.4) is 0 Å². The zero-order valence-corrected chi connectivity index (χ0v) is 14.3. The third-order valence-corrected chi connectivity index (χ3v) is 5.98. The van der Waals surface area contributed by atoms with Crippen molar-refractivity contribution in [1.82, 2.24) is 0 Å². The molecule has 1 aromatic heterocycles. The minimum atomic E-state index is -3.22. The Bertz CT molecular complexity index is 821. The van der Waals surface area contributed by atoms with E-state index in [0.717, 1.165) is 16.1 Å². The highest BCUT2D eigenvalue weighted by Gasteiger charge is 2.31. The van der Waals surface area contributed by atoms with Gasteiger partial charge < -0.3 is 4.90 Å². The van der Waals surface area contributed by atoms with Gasteiger partial charge >= 0.3 is 0 Å². The van der Waals surface area contributed by atoms with E-state index < -0.39 is 15.9 Å². The number of sulfone groups is 1. The summed E-state index contributed by atoms with van der Waals surface area (Å²) in [7, 11) is -3.22. The summed E-state index contributed by atoms with van der Waals surface area (Å²) in [5, 5.41) is 3.13. The largest absolute Gasteiger partial charge is 0.304 e. The summed E-state index contributed by atoms with van der Waals surface area (Å²) in [5.74, 6) is -0.153. The third kappa shape index (κ3) is 3.71. The van der Waals surface area contributed by atoms with Crippen LogP contribution in [0.15, 0.2) is 53.3 Å². The first-order valence-corrected chi connectivity index (χ1v) is 9.86. The standard InChI is InChI=1S/C17H17NO3S2/c1-13-4-6-14(7-5-13)18(15-8-10-23(20,21)12-15)17(19)11-16-3-2-9-22-16/h2-10,15H,11-12H2,1H3/t15-/m0/s1. The Labute approximate surface area is 140 Å². The molecule has 0 aliphatic carbocycles. The molecule has 2 aromatic rings. The number of aryl methyl sites for hydroxylation is 1. The lowest BCUT2D eigenvalue weighted by molar-refractivity contribution is -0.118.